The first-order valence-corrected chi connectivity index (χ1v) is 9.99. The number of nitrogens with zero attached hydrogens (tertiary/aromatic N) is 2. The van der Waals surface area contributed by atoms with Gasteiger partial charge >= 0.3 is 0 Å². The molecule has 3 rings (SSSR count). The topological polar surface area (TPSA) is 56.3 Å². The highest BCUT2D eigenvalue weighted by molar-refractivity contribution is 9.10. The summed E-state index contributed by atoms with van der Waals surface area (Å²) < 4.78 is 13.2. The van der Waals surface area contributed by atoms with Gasteiger partial charge < -0.3 is 14.8 Å². The molecule has 0 saturated carbocycles. The van der Waals surface area contributed by atoms with Crippen molar-refractivity contribution in [3.8, 4) is 11.5 Å². The van der Waals surface area contributed by atoms with Gasteiger partial charge in [0.25, 0.3) is 0 Å². The summed E-state index contributed by atoms with van der Waals surface area (Å²) in [4.78, 5) is 0. The van der Waals surface area contributed by atoms with Crippen LogP contribution in [0.15, 0.2) is 20.9 Å². The average Bonchev–Trinajstić information content (AvgIpc) is 2.99. The maximum atomic E-state index is 5.64. The first-order valence-electron chi connectivity index (χ1n) is 7.40. The van der Waals surface area contributed by atoms with Crippen molar-refractivity contribution in [2.45, 2.75) is 23.9 Å². The molecule has 1 aliphatic heterocycles. The van der Waals surface area contributed by atoms with E-state index in [0.29, 0.717) is 19.1 Å². The molecule has 23 heavy (non-hydrogen) atoms. The van der Waals surface area contributed by atoms with Crippen LogP contribution in [0.3, 0.4) is 0 Å². The summed E-state index contributed by atoms with van der Waals surface area (Å²) in [6.07, 6.45) is 0. The van der Waals surface area contributed by atoms with Gasteiger partial charge in [-0.25, -0.2) is 0 Å². The molecular formula is C15H18BrN3O2S2. The van der Waals surface area contributed by atoms with E-state index in [2.05, 4.69) is 45.3 Å². The summed E-state index contributed by atoms with van der Waals surface area (Å²) in [6.45, 7) is 6.45. The number of anilines is 1. The Balaban J connectivity index is 1.62. The van der Waals surface area contributed by atoms with E-state index in [4.69, 9.17) is 9.47 Å². The summed E-state index contributed by atoms with van der Waals surface area (Å²) in [5.41, 5.74) is 1.16. The fourth-order valence-corrected chi connectivity index (χ4v) is 4.39. The van der Waals surface area contributed by atoms with E-state index in [1.807, 2.05) is 12.1 Å². The van der Waals surface area contributed by atoms with Crippen molar-refractivity contribution in [1.29, 1.82) is 0 Å². The Bertz CT molecular complexity index is 679. The molecule has 0 bridgehead atoms. The fourth-order valence-electron chi connectivity index (χ4n) is 1.99. The van der Waals surface area contributed by atoms with Crippen molar-refractivity contribution < 1.29 is 9.47 Å². The molecule has 8 heteroatoms. The van der Waals surface area contributed by atoms with Crippen LogP contribution in [0, 0.1) is 5.92 Å². The lowest BCUT2D eigenvalue weighted by Crippen LogP contribution is -2.15. The van der Waals surface area contributed by atoms with Crippen molar-refractivity contribution in [2.24, 2.45) is 5.92 Å². The summed E-state index contributed by atoms with van der Waals surface area (Å²) in [5, 5.41) is 12.6. The van der Waals surface area contributed by atoms with E-state index in [9.17, 15) is 0 Å². The maximum absolute atomic E-state index is 5.64. The van der Waals surface area contributed by atoms with Crippen LogP contribution in [0.4, 0.5) is 5.13 Å². The molecule has 1 aromatic carbocycles. The Labute approximate surface area is 152 Å². The number of hydrogen-bond acceptors (Lipinski definition) is 7. The van der Waals surface area contributed by atoms with Crippen molar-refractivity contribution in [3.05, 3.63) is 22.2 Å². The molecule has 124 valence electrons. The van der Waals surface area contributed by atoms with Crippen LogP contribution >= 0.6 is 39.0 Å². The van der Waals surface area contributed by atoms with Crippen molar-refractivity contribution in [3.63, 3.8) is 0 Å². The molecular weight excluding hydrogens is 398 g/mol. The van der Waals surface area contributed by atoms with Gasteiger partial charge in [0.2, 0.25) is 5.13 Å². The molecule has 1 aliphatic rings. The number of aromatic nitrogens is 2. The SMILES string of the molecule is CC(C)CNc1nnc(SCc2cc3c(cc2Br)OCCO3)s1. The van der Waals surface area contributed by atoms with Crippen LogP contribution in [0.25, 0.3) is 0 Å². The molecule has 0 radical (unpaired) electrons. The van der Waals surface area contributed by atoms with Gasteiger partial charge in [0.05, 0.1) is 0 Å². The highest BCUT2D eigenvalue weighted by atomic mass is 79.9. The quantitative estimate of drug-likeness (QED) is 0.703. The van der Waals surface area contributed by atoms with Gasteiger partial charge in [-0.1, -0.05) is 52.9 Å². The third-order valence-corrected chi connectivity index (χ3v) is 5.93. The van der Waals surface area contributed by atoms with Crippen molar-refractivity contribution in [1.82, 2.24) is 10.2 Å². The number of halogens is 1. The van der Waals surface area contributed by atoms with Crippen molar-refractivity contribution in [2.75, 3.05) is 25.1 Å². The number of nitrogens with one attached hydrogen (secondary N) is 1. The lowest BCUT2D eigenvalue weighted by atomic mass is 10.2. The predicted octanol–water partition coefficient (Wildman–Crippen LogP) is 4.43. The van der Waals surface area contributed by atoms with Crippen LogP contribution in [-0.4, -0.2) is 30.0 Å². The monoisotopic (exact) mass is 415 g/mol. The first kappa shape index (κ1) is 16.9. The van der Waals surface area contributed by atoms with Crippen molar-refractivity contribution >= 4 is 44.2 Å². The molecule has 0 atom stereocenters. The van der Waals surface area contributed by atoms with Crippen LogP contribution in [0.5, 0.6) is 11.5 Å². The van der Waals surface area contributed by atoms with Gasteiger partial charge in [-0.3, -0.25) is 0 Å². The number of rotatable bonds is 6. The highest BCUT2D eigenvalue weighted by Crippen LogP contribution is 2.38. The van der Waals surface area contributed by atoms with E-state index in [-0.39, 0.29) is 0 Å². The summed E-state index contributed by atoms with van der Waals surface area (Å²) in [6, 6.07) is 4.00. The van der Waals surface area contributed by atoms with E-state index in [0.717, 1.165) is 43.3 Å². The standard InChI is InChI=1S/C15H18BrN3O2S2/c1-9(2)7-17-14-18-19-15(23-14)22-8-10-5-12-13(6-11(10)16)21-4-3-20-12/h5-6,9H,3-4,7-8H2,1-2H3,(H,17,18). The average molecular weight is 416 g/mol. The third-order valence-electron chi connectivity index (χ3n) is 3.13. The van der Waals surface area contributed by atoms with Crippen LogP contribution in [-0.2, 0) is 5.75 Å². The minimum atomic E-state index is 0.587. The van der Waals surface area contributed by atoms with E-state index in [1.54, 1.807) is 23.1 Å². The maximum Gasteiger partial charge on any atom is 0.206 e. The Kier molecular flexibility index (Phi) is 5.66. The van der Waals surface area contributed by atoms with Gasteiger partial charge in [0.15, 0.2) is 15.8 Å². The van der Waals surface area contributed by atoms with Gasteiger partial charge in [-0.05, 0) is 23.6 Å². The van der Waals surface area contributed by atoms with Crippen LogP contribution < -0.4 is 14.8 Å². The number of thioether (sulfide) groups is 1. The first-order chi connectivity index (χ1) is 11.1. The van der Waals surface area contributed by atoms with E-state index in [1.165, 1.54) is 0 Å². The Morgan fingerprint density at radius 3 is 2.74 bits per heavy atom. The lowest BCUT2D eigenvalue weighted by Gasteiger charge is -2.19. The molecule has 0 amide bonds. The summed E-state index contributed by atoms with van der Waals surface area (Å²) in [5.74, 6) is 3.00. The molecule has 1 aromatic heterocycles. The number of benzene rings is 1. The summed E-state index contributed by atoms with van der Waals surface area (Å²) >= 11 is 6.86. The molecule has 0 saturated heterocycles. The fraction of sp³-hybridized carbons (Fsp3) is 0.467. The number of ether oxygens (including phenoxy) is 2. The molecule has 0 fully saturated rings. The second kappa shape index (κ2) is 7.72. The molecule has 2 heterocycles. The van der Waals surface area contributed by atoms with Gasteiger partial charge in [0, 0.05) is 16.8 Å². The number of hydrogen-bond donors (Lipinski definition) is 1. The highest BCUT2D eigenvalue weighted by Gasteiger charge is 2.15. The Morgan fingerprint density at radius 2 is 2.00 bits per heavy atom. The number of fused-ring (bicyclic) bond motifs is 1. The molecule has 5 nitrogen and oxygen atoms in total. The molecule has 1 N–H and O–H groups in total. The summed E-state index contributed by atoms with van der Waals surface area (Å²) in [7, 11) is 0. The second-order valence-corrected chi connectivity index (χ2v) is 8.58. The van der Waals surface area contributed by atoms with Crippen LogP contribution in [0.1, 0.15) is 19.4 Å². The third kappa shape index (κ3) is 4.51. The normalized spacial score (nSPS) is 13.4. The minimum Gasteiger partial charge on any atom is -0.486 e. The zero-order chi connectivity index (χ0) is 16.2. The molecule has 0 spiro atoms. The Morgan fingerprint density at radius 1 is 1.26 bits per heavy atom. The van der Waals surface area contributed by atoms with Crippen LogP contribution in [0.2, 0.25) is 0 Å². The molecule has 0 aliphatic carbocycles. The molecule has 0 unspecified atom stereocenters. The van der Waals surface area contributed by atoms with Gasteiger partial charge in [0.1, 0.15) is 13.2 Å². The lowest BCUT2D eigenvalue weighted by molar-refractivity contribution is 0.171. The Hall–Kier alpha value is -0.990. The van der Waals surface area contributed by atoms with Gasteiger partial charge in [-0.15, -0.1) is 10.2 Å². The molecule has 2 aromatic rings. The van der Waals surface area contributed by atoms with E-state index >= 15 is 0 Å². The zero-order valence-corrected chi connectivity index (χ0v) is 16.2. The smallest absolute Gasteiger partial charge is 0.206 e. The van der Waals surface area contributed by atoms with Gasteiger partial charge in [-0.2, -0.15) is 0 Å². The van der Waals surface area contributed by atoms with E-state index < -0.39 is 0 Å². The minimum absolute atomic E-state index is 0.587. The predicted molar refractivity (Wildman–Crippen MR) is 97.9 cm³/mol. The largest absolute Gasteiger partial charge is 0.486 e. The zero-order valence-electron chi connectivity index (χ0n) is 13.0. The second-order valence-electron chi connectivity index (χ2n) is 5.52.